The number of hydrogen-bond donors (Lipinski definition) is 0. The molecule has 0 aromatic heterocycles. The van der Waals surface area contributed by atoms with E-state index in [-0.39, 0.29) is 11.8 Å². The van der Waals surface area contributed by atoms with Crippen molar-refractivity contribution >= 4 is 29.5 Å². The normalized spacial score (nSPS) is 19.3. The Hall–Kier alpha value is -1.85. The van der Waals surface area contributed by atoms with Crippen molar-refractivity contribution in [3.05, 3.63) is 40.9 Å². The van der Waals surface area contributed by atoms with Gasteiger partial charge in [-0.25, -0.2) is 0 Å². The average Bonchev–Trinajstić information content (AvgIpc) is 2.96. The maximum Gasteiger partial charge on any atom is 0.246 e. The number of piperazine rings is 1. The molecule has 27 heavy (non-hydrogen) atoms. The molecule has 0 atom stereocenters. The first-order valence-electron chi connectivity index (χ1n) is 9.84. The molecule has 0 radical (unpaired) electrons. The topological polar surface area (TPSA) is 43.9 Å². The van der Waals surface area contributed by atoms with Gasteiger partial charge in [-0.2, -0.15) is 0 Å². The van der Waals surface area contributed by atoms with Crippen LogP contribution in [0.3, 0.4) is 0 Å². The molecule has 6 heteroatoms. The molecule has 5 nitrogen and oxygen atoms in total. The van der Waals surface area contributed by atoms with Gasteiger partial charge in [-0.05, 0) is 36.6 Å². The molecule has 1 aromatic rings. The number of nitrogens with zero attached hydrogens (tertiary/aromatic N) is 3. The lowest BCUT2D eigenvalue weighted by Crippen LogP contribution is -2.51. The molecule has 0 saturated carbocycles. The van der Waals surface area contributed by atoms with Gasteiger partial charge in [0.25, 0.3) is 0 Å². The van der Waals surface area contributed by atoms with Crippen molar-refractivity contribution in [1.29, 1.82) is 0 Å². The van der Waals surface area contributed by atoms with E-state index in [4.69, 9.17) is 11.6 Å². The zero-order valence-electron chi connectivity index (χ0n) is 15.8. The van der Waals surface area contributed by atoms with Crippen LogP contribution in [0.2, 0.25) is 5.02 Å². The number of benzene rings is 1. The lowest BCUT2D eigenvalue weighted by molar-refractivity contribution is -0.133. The van der Waals surface area contributed by atoms with Crippen molar-refractivity contribution in [3.8, 4) is 0 Å². The van der Waals surface area contributed by atoms with E-state index in [1.165, 1.54) is 12.8 Å². The fourth-order valence-corrected chi connectivity index (χ4v) is 3.82. The van der Waals surface area contributed by atoms with Gasteiger partial charge >= 0.3 is 0 Å². The van der Waals surface area contributed by atoms with Crippen LogP contribution < -0.4 is 0 Å². The minimum atomic E-state index is 0.00784. The van der Waals surface area contributed by atoms with E-state index in [0.717, 1.165) is 44.6 Å². The van der Waals surface area contributed by atoms with Gasteiger partial charge in [-0.1, -0.05) is 36.6 Å². The largest absolute Gasteiger partial charge is 0.342 e. The minimum absolute atomic E-state index is 0.00784. The summed E-state index contributed by atoms with van der Waals surface area (Å²) in [5.74, 6) is 0.242. The molecule has 2 heterocycles. The van der Waals surface area contributed by atoms with Gasteiger partial charge in [0.15, 0.2) is 0 Å². The van der Waals surface area contributed by atoms with Crippen molar-refractivity contribution in [2.24, 2.45) is 0 Å². The molecule has 146 valence electrons. The second-order valence-electron chi connectivity index (χ2n) is 7.28. The lowest BCUT2D eigenvalue weighted by atomic mass is 10.2. The molecule has 0 unspecified atom stereocenters. The Morgan fingerprint density at radius 2 is 1.63 bits per heavy atom. The van der Waals surface area contributed by atoms with Gasteiger partial charge in [0.2, 0.25) is 11.8 Å². The predicted octanol–water partition coefficient (Wildman–Crippen LogP) is 2.90. The second kappa shape index (κ2) is 9.90. The van der Waals surface area contributed by atoms with E-state index in [1.807, 2.05) is 34.1 Å². The zero-order chi connectivity index (χ0) is 19.1. The standard InChI is InChI=1S/C21H28ClN3O2/c22-19-7-5-6-18(16-19)8-9-20(26)25-14-12-23(13-15-25)17-21(27)24-10-3-1-2-4-11-24/h5-9,16H,1-4,10-15,17H2. The quantitative estimate of drug-likeness (QED) is 0.744. The summed E-state index contributed by atoms with van der Waals surface area (Å²) < 4.78 is 0. The Bertz CT molecular complexity index is 676. The van der Waals surface area contributed by atoms with Crippen LogP contribution in [0.5, 0.6) is 0 Å². The van der Waals surface area contributed by atoms with Crippen LogP contribution in [0.15, 0.2) is 30.3 Å². The Kier molecular flexibility index (Phi) is 7.30. The van der Waals surface area contributed by atoms with E-state index >= 15 is 0 Å². The minimum Gasteiger partial charge on any atom is -0.342 e. The molecule has 2 amide bonds. The van der Waals surface area contributed by atoms with Gasteiger partial charge in [-0.15, -0.1) is 0 Å². The lowest BCUT2D eigenvalue weighted by Gasteiger charge is -2.34. The summed E-state index contributed by atoms with van der Waals surface area (Å²) in [6.45, 7) is 5.07. The van der Waals surface area contributed by atoms with E-state index in [9.17, 15) is 9.59 Å². The van der Waals surface area contributed by atoms with Gasteiger partial charge in [-0.3, -0.25) is 14.5 Å². The predicted molar refractivity (Wildman–Crippen MR) is 109 cm³/mol. The fourth-order valence-electron chi connectivity index (χ4n) is 3.62. The number of amides is 2. The van der Waals surface area contributed by atoms with Crippen molar-refractivity contribution < 1.29 is 9.59 Å². The third-order valence-electron chi connectivity index (χ3n) is 5.27. The van der Waals surface area contributed by atoms with E-state index in [2.05, 4.69) is 4.90 Å². The fraction of sp³-hybridized carbons (Fsp3) is 0.524. The number of halogens is 1. The van der Waals surface area contributed by atoms with Crippen LogP contribution in [0, 0.1) is 0 Å². The Morgan fingerprint density at radius 3 is 2.30 bits per heavy atom. The summed E-state index contributed by atoms with van der Waals surface area (Å²) in [6.07, 6.45) is 8.09. The molecular weight excluding hydrogens is 362 g/mol. The molecule has 2 saturated heterocycles. The maximum atomic E-state index is 12.5. The molecule has 1 aromatic carbocycles. The highest BCUT2D eigenvalue weighted by atomic mass is 35.5. The van der Waals surface area contributed by atoms with Gasteiger partial charge in [0.05, 0.1) is 6.54 Å². The third-order valence-corrected chi connectivity index (χ3v) is 5.50. The second-order valence-corrected chi connectivity index (χ2v) is 7.72. The number of likely N-dealkylation sites (tertiary alicyclic amines) is 1. The summed E-state index contributed by atoms with van der Waals surface area (Å²) in [4.78, 5) is 30.9. The molecule has 0 spiro atoms. The van der Waals surface area contributed by atoms with Crippen molar-refractivity contribution in [1.82, 2.24) is 14.7 Å². The zero-order valence-corrected chi connectivity index (χ0v) is 16.5. The summed E-state index contributed by atoms with van der Waals surface area (Å²) >= 11 is 5.97. The van der Waals surface area contributed by atoms with Crippen LogP contribution in [0.25, 0.3) is 6.08 Å². The molecule has 3 rings (SSSR count). The molecule has 2 aliphatic rings. The summed E-state index contributed by atoms with van der Waals surface area (Å²) in [5.41, 5.74) is 0.914. The van der Waals surface area contributed by atoms with Crippen molar-refractivity contribution in [2.45, 2.75) is 25.7 Å². The van der Waals surface area contributed by atoms with E-state index in [1.54, 1.807) is 12.2 Å². The van der Waals surface area contributed by atoms with Crippen LogP contribution >= 0.6 is 11.6 Å². The van der Waals surface area contributed by atoms with Crippen molar-refractivity contribution in [3.63, 3.8) is 0 Å². The molecule has 0 N–H and O–H groups in total. The monoisotopic (exact) mass is 389 g/mol. The van der Waals surface area contributed by atoms with Gasteiger partial charge < -0.3 is 9.80 Å². The first kappa shape index (κ1) is 19.9. The summed E-state index contributed by atoms with van der Waals surface area (Å²) in [5, 5.41) is 0.660. The van der Waals surface area contributed by atoms with Gasteiger partial charge in [0.1, 0.15) is 0 Å². The number of carbonyl (C=O) groups is 2. The average molecular weight is 390 g/mol. The third kappa shape index (κ3) is 6.08. The molecule has 2 aliphatic heterocycles. The Morgan fingerprint density at radius 1 is 0.926 bits per heavy atom. The molecular formula is C21H28ClN3O2. The SMILES string of the molecule is O=C(C=Cc1cccc(Cl)c1)N1CCN(CC(=O)N2CCCCCC2)CC1. The highest BCUT2D eigenvalue weighted by molar-refractivity contribution is 6.30. The molecule has 0 bridgehead atoms. The van der Waals surface area contributed by atoms with Crippen LogP contribution in [0.1, 0.15) is 31.2 Å². The molecule has 0 aliphatic carbocycles. The van der Waals surface area contributed by atoms with Gasteiger partial charge in [0, 0.05) is 50.4 Å². The highest BCUT2D eigenvalue weighted by Crippen LogP contribution is 2.13. The number of rotatable bonds is 4. The summed E-state index contributed by atoms with van der Waals surface area (Å²) in [6, 6.07) is 7.43. The van der Waals surface area contributed by atoms with E-state index in [0.29, 0.717) is 24.7 Å². The number of hydrogen-bond acceptors (Lipinski definition) is 3. The first-order chi connectivity index (χ1) is 13.1. The summed E-state index contributed by atoms with van der Waals surface area (Å²) in [7, 11) is 0. The maximum absolute atomic E-state index is 12.5. The highest BCUT2D eigenvalue weighted by Gasteiger charge is 2.23. The van der Waals surface area contributed by atoms with Crippen LogP contribution in [0.4, 0.5) is 0 Å². The van der Waals surface area contributed by atoms with Crippen LogP contribution in [-0.2, 0) is 9.59 Å². The Balaban J connectivity index is 1.44. The van der Waals surface area contributed by atoms with Crippen molar-refractivity contribution in [2.75, 3.05) is 45.8 Å². The smallest absolute Gasteiger partial charge is 0.246 e. The first-order valence-corrected chi connectivity index (χ1v) is 10.2. The molecule has 2 fully saturated rings. The van der Waals surface area contributed by atoms with Crippen LogP contribution in [-0.4, -0.2) is 72.3 Å². The number of carbonyl (C=O) groups excluding carboxylic acids is 2. The van der Waals surface area contributed by atoms with E-state index < -0.39 is 0 Å². The Labute approximate surface area is 166 Å².